The summed E-state index contributed by atoms with van der Waals surface area (Å²) in [4.78, 5) is 11.9. The van der Waals surface area contributed by atoms with Gasteiger partial charge in [-0.1, -0.05) is 0 Å². The second-order valence-electron chi connectivity index (χ2n) is 0.368. The molecule has 0 heterocycles. The van der Waals surface area contributed by atoms with E-state index in [2.05, 4.69) is 4.84 Å². The molecule has 0 aliphatic heterocycles. The first-order valence-electron chi connectivity index (χ1n) is 0.836. The summed E-state index contributed by atoms with van der Waals surface area (Å²) in [6.07, 6.45) is -1.58. The Kier molecular flexibility index (Phi) is 21.0. The minimum Gasteiger partial charge on any atom is -0.693 e. The van der Waals surface area contributed by atoms with Crippen molar-refractivity contribution in [2.24, 2.45) is 0 Å². The van der Waals surface area contributed by atoms with E-state index in [0.29, 0.717) is 0 Å². The Morgan fingerprint density at radius 2 is 1.86 bits per heavy atom. The monoisotopic (exact) mass is 285 g/mol. The Morgan fingerprint density at radius 1 is 1.71 bits per heavy atom. The van der Waals surface area contributed by atoms with Crippen molar-refractivity contribution >= 4 is 6.16 Å². The Hall–Kier alpha value is -0.161. The zero-order valence-electron chi connectivity index (χ0n) is 3.17. The zero-order chi connectivity index (χ0) is 4.28. The average Bonchev–Trinajstić information content (AvgIpc) is 1.38. The molecule has 47 valence electrons. The molecule has 6 heteroatoms. The van der Waals surface area contributed by atoms with E-state index in [-0.39, 0.29) is 26.3 Å². The Morgan fingerprint density at radius 3 is 1.86 bits per heavy atom. The number of nitrogens with one attached hydrogen (secondary N) is 1. The molecule has 0 rings (SSSR count). The van der Waals surface area contributed by atoms with Gasteiger partial charge in [-0.05, 0) is 0 Å². The summed E-state index contributed by atoms with van der Waals surface area (Å²) < 4.78 is 0. The van der Waals surface area contributed by atoms with E-state index in [9.17, 15) is 0 Å². The molecule has 5 nitrogen and oxygen atoms in total. The number of rotatable bonds is 0. The first-order chi connectivity index (χ1) is 2.27. The normalized spacial score (nSPS) is 4.71. The summed E-state index contributed by atoms with van der Waals surface area (Å²) in [6, 6.07) is 0. The van der Waals surface area contributed by atoms with Gasteiger partial charge in [0.25, 0.3) is 0 Å². The topological polar surface area (TPSA) is 104 Å². The van der Waals surface area contributed by atoms with Crippen molar-refractivity contribution in [3.05, 3.63) is 12.0 Å². The van der Waals surface area contributed by atoms with Crippen LogP contribution in [0.5, 0.6) is 0 Å². The summed E-state index contributed by atoms with van der Waals surface area (Å²) in [5, 5.41) is 7.31. The molecule has 0 saturated heterocycles. The van der Waals surface area contributed by atoms with Crippen molar-refractivity contribution in [1.29, 1.82) is 0 Å². The molecule has 0 unspecified atom stereocenters. The van der Waals surface area contributed by atoms with Gasteiger partial charge in [-0.15, -0.1) is 0 Å². The summed E-state index contributed by atoms with van der Waals surface area (Å²) >= 11 is 0. The molecule has 0 saturated carbocycles. The fourth-order valence-electron chi connectivity index (χ4n) is 0. The van der Waals surface area contributed by atoms with E-state index in [0.717, 1.165) is 0 Å². The van der Waals surface area contributed by atoms with Crippen LogP contribution in [0.25, 0.3) is 12.0 Å². The van der Waals surface area contributed by atoms with Crippen molar-refractivity contribution in [2.75, 3.05) is 0 Å². The zero-order valence-corrected chi connectivity index (χ0v) is 5.57. The molecule has 0 aromatic carbocycles. The van der Waals surface area contributed by atoms with E-state index in [1.54, 1.807) is 0 Å². The van der Waals surface area contributed by atoms with E-state index in [4.69, 9.17) is 15.8 Å². The summed E-state index contributed by atoms with van der Waals surface area (Å²) in [6.45, 7) is 0. The van der Waals surface area contributed by atoms with Crippen molar-refractivity contribution in [1.82, 2.24) is 0 Å². The molecule has 0 aliphatic carbocycles. The minimum atomic E-state index is -1.58. The number of nitrogens with two attached hydrogens (primary N) is 1. The van der Waals surface area contributed by atoms with Gasteiger partial charge < -0.3 is 22.0 Å². The van der Waals surface area contributed by atoms with Crippen molar-refractivity contribution in [2.45, 2.75) is 0 Å². The molecule has 0 aromatic heterocycles. The summed E-state index contributed by atoms with van der Waals surface area (Å²) in [5.74, 6) is 5.56. The molecular formula is CH4IrN2O3-2. The molecular weight excluding hydrogens is 280 g/mol. The summed E-state index contributed by atoms with van der Waals surface area (Å²) in [5.41, 5.74) is 0. The number of hydrogen-bond acceptors (Lipinski definition) is 2. The van der Waals surface area contributed by atoms with Crippen LogP contribution in [0.2, 0.25) is 0 Å². The smallest absolute Gasteiger partial charge is 0.490 e. The van der Waals surface area contributed by atoms with Gasteiger partial charge in [0.1, 0.15) is 0 Å². The molecule has 0 atom stereocenters. The first kappa shape index (κ1) is 15.8. The molecule has 1 radical (unpaired) electrons. The van der Waals surface area contributed by atoms with Crippen LogP contribution in [0.3, 0.4) is 0 Å². The fourth-order valence-corrected chi connectivity index (χ4v) is 0. The van der Waals surface area contributed by atoms with Gasteiger partial charge in [-0.2, -0.15) is 0 Å². The van der Waals surface area contributed by atoms with Gasteiger partial charge in [0.15, 0.2) is 0 Å². The van der Waals surface area contributed by atoms with Crippen LogP contribution >= 0.6 is 0 Å². The quantitative estimate of drug-likeness (QED) is 0.679. The average molecular weight is 284 g/mol. The largest absolute Gasteiger partial charge is 0.693 e. The third-order valence-corrected chi connectivity index (χ3v) is 0.0873. The van der Waals surface area contributed by atoms with Gasteiger partial charge >= 0.3 is 6.16 Å². The van der Waals surface area contributed by atoms with Crippen LogP contribution < -0.4 is 0 Å². The van der Waals surface area contributed by atoms with Gasteiger partial charge in [-0.25, -0.2) is 4.79 Å². The predicted octanol–water partition coefficient (Wildman–Crippen LogP) is 1.36. The minimum absolute atomic E-state index is 0. The Labute approximate surface area is 53.7 Å². The number of hydrogen-bond donors (Lipinski definition) is 1. The third-order valence-electron chi connectivity index (χ3n) is 0.0873. The van der Waals surface area contributed by atoms with E-state index in [1.807, 2.05) is 0 Å². The van der Waals surface area contributed by atoms with Gasteiger partial charge in [0, 0.05) is 20.1 Å². The third kappa shape index (κ3) is 25.4. The van der Waals surface area contributed by atoms with E-state index >= 15 is 0 Å². The SMILES string of the molecule is [Ir].[NH-]OC(=O)O.[NH2-]. The first-order valence-corrected chi connectivity index (χ1v) is 0.836. The van der Waals surface area contributed by atoms with Crippen LogP contribution in [-0.2, 0) is 24.9 Å². The maximum atomic E-state index is 8.96. The molecule has 0 aliphatic rings. The van der Waals surface area contributed by atoms with Gasteiger partial charge in [0.2, 0.25) is 0 Å². The molecule has 0 amide bonds. The molecule has 0 aromatic rings. The molecule has 0 bridgehead atoms. The summed E-state index contributed by atoms with van der Waals surface area (Å²) in [7, 11) is 0. The maximum Gasteiger partial charge on any atom is 0.490 e. The van der Waals surface area contributed by atoms with Crippen LogP contribution in [0.15, 0.2) is 0 Å². The van der Waals surface area contributed by atoms with Crippen LogP contribution in [0, 0.1) is 0 Å². The maximum absolute atomic E-state index is 8.96. The van der Waals surface area contributed by atoms with E-state index < -0.39 is 6.16 Å². The van der Waals surface area contributed by atoms with Crippen molar-refractivity contribution in [3.63, 3.8) is 0 Å². The Bertz CT molecular complexity index is 48.2. The van der Waals surface area contributed by atoms with Gasteiger partial charge in [0.05, 0.1) is 0 Å². The van der Waals surface area contributed by atoms with Crippen LogP contribution in [-0.4, -0.2) is 11.3 Å². The molecule has 4 N–H and O–H groups in total. The van der Waals surface area contributed by atoms with E-state index in [1.165, 1.54) is 0 Å². The molecule has 0 fully saturated rings. The van der Waals surface area contributed by atoms with Gasteiger partial charge in [-0.3, -0.25) is 0 Å². The predicted molar refractivity (Wildman–Crippen MR) is 18.7 cm³/mol. The number of carboxylic acid groups (broad SMARTS) is 1. The molecule has 0 spiro atoms. The number of carbonyl (C=O) groups is 1. The van der Waals surface area contributed by atoms with Crippen LogP contribution in [0.4, 0.5) is 4.79 Å². The Balaban J connectivity index is -0.0000000800. The van der Waals surface area contributed by atoms with Crippen molar-refractivity contribution < 1.29 is 34.8 Å². The second kappa shape index (κ2) is 9.28. The fraction of sp³-hybridized carbons (Fsp3) is 0. The van der Waals surface area contributed by atoms with Crippen molar-refractivity contribution in [3.8, 4) is 0 Å². The standard InChI is InChI=1S/CH2NO3.Ir.H2N/c2-5-1(3)4;;/h2H,(H,3,4);;1H2/q-1;;-1. The molecule has 7 heavy (non-hydrogen) atoms. The van der Waals surface area contributed by atoms with Crippen LogP contribution in [0.1, 0.15) is 0 Å². The second-order valence-corrected chi connectivity index (χ2v) is 0.368.